The average molecular weight is 143 g/mol. The van der Waals surface area contributed by atoms with E-state index in [0.29, 0.717) is 5.41 Å². The molecule has 1 heterocycles. The summed E-state index contributed by atoms with van der Waals surface area (Å²) in [5.74, 6) is 0. The van der Waals surface area contributed by atoms with Gasteiger partial charge in [0, 0.05) is 6.61 Å². The minimum atomic E-state index is -0.0301. The molecule has 1 rings (SSSR count). The summed E-state index contributed by atoms with van der Waals surface area (Å²) in [6, 6.07) is 0. The van der Waals surface area contributed by atoms with E-state index >= 15 is 0 Å². The SMILES string of the molecule is CC1(C)CCCO[C@@H](N)C1. The van der Waals surface area contributed by atoms with E-state index in [4.69, 9.17) is 10.5 Å². The van der Waals surface area contributed by atoms with Gasteiger partial charge in [0.1, 0.15) is 6.23 Å². The molecule has 1 fully saturated rings. The Hall–Kier alpha value is -0.0800. The molecule has 0 unspecified atom stereocenters. The van der Waals surface area contributed by atoms with Gasteiger partial charge >= 0.3 is 0 Å². The number of hydrogen-bond acceptors (Lipinski definition) is 2. The van der Waals surface area contributed by atoms with Crippen LogP contribution in [0.15, 0.2) is 0 Å². The molecule has 0 aromatic heterocycles. The van der Waals surface area contributed by atoms with Crippen LogP contribution in [0, 0.1) is 5.41 Å². The Kier molecular flexibility index (Phi) is 2.32. The van der Waals surface area contributed by atoms with Gasteiger partial charge in [0.15, 0.2) is 0 Å². The fourth-order valence-corrected chi connectivity index (χ4v) is 1.49. The molecule has 0 radical (unpaired) electrons. The van der Waals surface area contributed by atoms with Crippen molar-refractivity contribution in [1.29, 1.82) is 0 Å². The molecule has 2 N–H and O–H groups in total. The largest absolute Gasteiger partial charge is 0.364 e. The molecule has 10 heavy (non-hydrogen) atoms. The van der Waals surface area contributed by atoms with E-state index in [9.17, 15) is 0 Å². The lowest BCUT2D eigenvalue weighted by atomic mass is 9.85. The molecule has 1 aliphatic rings. The summed E-state index contributed by atoms with van der Waals surface area (Å²) in [6.45, 7) is 5.34. The summed E-state index contributed by atoms with van der Waals surface area (Å²) in [5.41, 5.74) is 6.07. The quantitative estimate of drug-likeness (QED) is 0.557. The average Bonchev–Trinajstić information content (AvgIpc) is 1.90. The van der Waals surface area contributed by atoms with Crippen molar-refractivity contribution in [2.75, 3.05) is 6.61 Å². The van der Waals surface area contributed by atoms with Crippen LogP contribution >= 0.6 is 0 Å². The van der Waals surface area contributed by atoms with Crippen molar-refractivity contribution in [3.8, 4) is 0 Å². The molecular formula is C8H17NO. The van der Waals surface area contributed by atoms with E-state index in [1.165, 1.54) is 6.42 Å². The van der Waals surface area contributed by atoms with E-state index in [-0.39, 0.29) is 6.23 Å². The molecule has 0 bridgehead atoms. The minimum absolute atomic E-state index is 0.0301. The fraction of sp³-hybridized carbons (Fsp3) is 1.00. The van der Waals surface area contributed by atoms with Crippen LogP contribution in [-0.2, 0) is 4.74 Å². The Balaban J connectivity index is 2.46. The second-order valence-corrected chi connectivity index (χ2v) is 3.88. The van der Waals surface area contributed by atoms with Gasteiger partial charge in [0.05, 0.1) is 0 Å². The maximum atomic E-state index is 5.69. The van der Waals surface area contributed by atoms with E-state index in [1.807, 2.05) is 0 Å². The molecule has 2 heteroatoms. The Morgan fingerprint density at radius 2 is 2.20 bits per heavy atom. The molecule has 60 valence electrons. The Morgan fingerprint density at radius 3 is 2.90 bits per heavy atom. The third-order valence-corrected chi connectivity index (χ3v) is 2.08. The smallest absolute Gasteiger partial charge is 0.106 e. The number of hydrogen-bond donors (Lipinski definition) is 1. The summed E-state index contributed by atoms with van der Waals surface area (Å²) < 4.78 is 5.32. The number of ether oxygens (including phenoxy) is 1. The highest BCUT2D eigenvalue weighted by molar-refractivity contribution is 4.73. The fourth-order valence-electron chi connectivity index (χ4n) is 1.49. The highest BCUT2D eigenvalue weighted by Crippen LogP contribution is 2.30. The first-order valence-electron chi connectivity index (χ1n) is 3.97. The third-order valence-electron chi connectivity index (χ3n) is 2.08. The van der Waals surface area contributed by atoms with Crippen LogP contribution in [0.4, 0.5) is 0 Å². The summed E-state index contributed by atoms with van der Waals surface area (Å²) in [6.07, 6.45) is 3.35. The van der Waals surface area contributed by atoms with Gasteiger partial charge in [-0.05, 0) is 24.7 Å². The molecule has 0 aromatic carbocycles. The van der Waals surface area contributed by atoms with Crippen molar-refractivity contribution in [3.63, 3.8) is 0 Å². The predicted molar refractivity (Wildman–Crippen MR) is 41.6 cm³/mol. The van der Waals surface area contributed by atoms with Crippen LogP contribution in [0.25, 0.3) is 0 Å². The van der Waals surface area contributed by atoms with Crippen LogP contribution < -0.4 is 5.73 Å². The normalized spacial score (nSPS) is 33.3. The van der Waals surface area contributed by atoms with Gasteiger partial charge in [0.2, 0.25) is 0 Å². The monoisotopic (exact) mass is 143 g/mol. The first-order chi connectivity index (χ1) is 4.60. The molecule has 0 spiro atoms. The predicted octanol–water partition coefficient (Wildman–Crippen LogP) is 1.50. The maximum Gasteiger partial charge on any atom is 0.106 e. The zero-order chi connectivity index (χ0) is 7.61. The van der Waals surface area contributed by atoms with Crippen LogP contribution in [0.3, 0.4) is 0 Å². The molecule has 0 aliphatic carbocycles. The summed E-state index contributed by atoms with van der Waals surface area (Å²) in [5, 5.41) is 0. The second-order valence-electron chi connectivity index (χ2n) is 3.88. The molecule has 0 aromatic rings. The Labute approximate surface area is 62.7 Å². The lowest BCUT2D eigenvalue weighted by Gasteiger charge is -2.23. The van der Waals surface area contributed by atoms with Gasteiger partial charge < -0.3 is 10.5 Å². The molecular weight excluding hydrogens is 126 g/mol. The van der Waals surface area contributed by atoms with Crippen LogP contribution in [-0.4, -0.2) is 12.8 Å². The topological polar surface area (TPSA) is 35.2 Å². The van der Waals surface area contributed by atoms with Crippen molar-refractivity contribution in [2.45, 2.75) is 39.3 Å². The summed E-state index contributed by atoms with van der Waals surface area (Å²) >= 11 is 0. The van der Waals surface area contributed by atoms with Crippen molar-refractivity contribution in [3.05, 3.63) is 0 Å². The Bertz CT molecular complexity index is 112. The first kappa shape index (κ1) is 8.02. The van der Waals surface area contributed by atoms with Gasteiger partial charge in [-0.15, -0.1) is 0 Å². The minimum Gasteiger partial charge on any atom is -0.364 e. The summed E-state index contributed by atoms with van der Waals surface area (Å²) in [7, 11) is 0. The van der Waals surface area contributed by atoms with Crippen LogP contribution in [0.1, 0.15) is 33.1 Å². The summed E-state index contributed by atoms with van der Waals surface area (Å²) in [4.78, 5) is 0. The molecule has 1 saturated heterocycles. The first-order valence-corrected chi connectivity index (χ1v) is 3.97. The van der Waals surface area contributed by atoms with Crippen LogP contribution in [0.2, 0.25) is 0 Å². The van der Waals surface area contributed by atoms with Gasteiger partial charge in [0.25, 0.3) is 0 Å². The van der Waals surface area contributed by atoms with E-state index in [1.54, 1.807) is 0 Å². The van der Waals surface area contributed by atoms with Crippen molar-refractivity contribution in [2.24, 2.45) is 11.1 Å². The zero-order valence-corrected chi connectivity index (χ0v) is 6.89. The van der Waals surface area contributed by atoms with Crippen molar-refractivity contribution < 1.29 is 4.74 Å². The highest BCUT2D eigenvalue weighted by atomic mass is 16.5. The lowest BCUT2D eigenvalue weighted by molar-refractivity contribution is 0.0523. The highest BCUT2D eigenvalue weighted by Gasteiger charge is 2.24. The van der Waals surface area contributed by atoms with E-state index in [2.05, 4.69) is 13.8 Å². The lowest BCUT2D eigenvalue weighted by Crippen LogP contribution is -2.27. The third kappa shape index (κ3) is 2.27. The van der Waals surface area contributed by atoms with Gasteiger partial charge in [-0.25, -0.2) is 0 Å². The molecule has 1 aliphatic heterocycles. The van der Waals surface area contributed by atoms with Crippen molar-refractivity contribution >= 4 is 0 Å². The molecule has 2 nitrogen and oxygen atoms in total. The maximum absolute atomic E-state index is 5.69. The standard InChI is InChI=1S/C8H17NO/c1-8(2)4-3-5-10-7(9)6-8/h7H,3-6,9H2,1-2H3/t7-/m1/s1. The Morgan fingerprint density at radius 1 is 1.50 bits per heavy atom. The van der Waals surface area contributed by atoms with Crippen molar-refractivity contribution in [1.82, 2.24) is 0 Å². The van der Waals surface area contributed by atoms with Gasteiger partial charge in [-0.1, -0.05) is 13.8 Å². The number of nitrogens with two attached hydrogens (primary N) is 1. The van der Waals surface area contributed by atoms with E-state index < -0.39 is 0 Å². The second kappa shape index (κ2) is 2.89. The van der Waals surface area contributed by atoms with E-state index in [0.717, 1.165) is 19.4 Å². The molecule has 1 atom stereocenters. The zero-order valence-electron chi connectivity index (χ0n) is 6.89. The van der Waals surface area contributed by atoms with Gasteiger partial charge in [-0.2, -0.15) is 0 Å². The molecule has 0 amide bonds. The van der Waals surface area contributed by atoms with Crippen LogP contribution in [0.5, 0.6) is 0 Å². The number of rotatable bonds is 0. The molecule has 0 saturated carbocycles. The van der Waals surface area contributed by atoms with Gasteiger partial charge in [-0.3, -0.25) is 0 Å².